The van der Waals surface area contributed by atoms with Crippen molar-refractivity contribution in [3.8, 4) is 0 Å². The molecule has 0 atom stereocenters. The summed E-state index contributed by atoms with van der Waals surface area (Å²) in [5.74, 6) is -0.0480. The van der Waals surface area contributed by atoms with Crippen LogP contribution in [0.3, 0.4) is 0 Å². The lowest BCUT2D eigenvalue weighted by Gasteiger charge is -2.26. The van der Waals surface area contributed by atoms with Gasteiger partial charge in [0.05, 0.1) is 5.56 Å². The number of nitrogens with one attached hydrogen (secondary N) is 2. The molecule has 0 spiro atoms. The van der Waals surface area contributed by atoms with Gasteiger partial charge in [0.15, 0.2) is 0 Å². The van der Waals surface area contributed by atoms with E-state index in [0.717, 1.165) is 42.1 Å². The first-order chi connectivity index (χ1) is 16.0. The first-order valence-electron chi connectivity index (χ1n) is 11.5. The number of hydrogen-bond donors (Lipinski definition) is 4. The molecule has 6 N–H and O–H groups in total. The lowest BCUT2D eigenvalue weighted by molar-refractivity contribution is 0.0927. The van der Waals surface area contributed by atoms with Crippen molar-refractivity contribution in [3.63, 3.8) is 0 Å². The zero-order valence-electron chi connectivity index (χ0n) is 18.6. The molecule has 1 aromatic heterocycles. The summed E-state index contributed by atoms with van der Waals surface area (Å²) in [4.78, 5) is 13.2. The van der Waals surface area contributed by atoms with E-state index in [4.69, 9.17) is 16.9 Å². The van der Waals surface area contributed by atoms with E-state index in [1.807, 2.05) is 30.5 Å². The van der Waals surface area contributed by atoms with E-state index < -0.39 is 0 Å². The molecular formula is C27H29N5O. The molecule has 5 rings (SSSR count). The van der Waals surface area contributed by atoms with Crippen LogP contribution in [0, 0.1) is 5.41 Å². The minimum atomic E-state index is -0.0618. The van der Waals surface area contributed by atoms with Gasteiger partial charge in [0.2, 0.25) is 0 Å². The highest BCUT2D eigenvalue weighted by molar-refractivity contribution is 6.09. The molecule has 1 heterocycles. The van der Waals surface area contributed by atoms with Crippen LogP contribution in [-0.2, 0) is 6.54 Å². The maximum atomic E-state index is 13.2. The molecule has 168 valence electrons. The van der Waals surface area contributed by atoms with E-state index in [0.29, 0.717) is 17.7 Å². The van der Waals surface area contributed by atoms with Crippen LogP contribution < -0.4 is 16.8 Å². The van der Waals surface area contributed by atoms with Gasteiger partial charge in [0, 0.05) is 41.3 Å². The quantitative estimate of drug-likeness (QED) is 0.277. The largest absolute Gasteiger partial charge is 0.384 e. The van der Waals surface area contributed by atoms with Crippen LogP contribution in [0.1, 0.15) is 47.2 Å². The van der Waals surface area contributed by atoms with Crippen LogP contribution in [-0.4, -0.2) is 28.4 Å². The van der Waals surface area contributed by atoms with Crippen LogP contribution >= 0.6 is 0 Å². The van der Waals surface area contributed by atoms with Gasteiger partial charge in [0.25, 0.3) is 5.91 Å². The number of benzene rings is 3. The number of rotatable bonds is 5. The van der Waals surface area contributed by atoms with Crippen molar-refractivity contribution in [2.75, 3.05) is 0 Å². The molecule has 0 aliphatic heterocycles. The summed E-state index contributed by atoms with van der Waals surface area (Å²) in [6.45, 7) is 0.619. The molecule has 0 radical (unpaired) electrons. The Morgan fingerprint density at radius 3 is 2.52 bits per heavy atom. The summed E-state index contributed by atoms with van der Waals surface area (Å²) in [6, 6.07) is 20.7. The van der Waals surface area contributed by atoms with Crippen molar-refractivity contribution >= 4 is 33.4 Å². The Labute approximate surface area is 193 Å². The van der Waals surface area contributed by atoms with Crippen LogP contribution in [0.4, 0.5) is 0 Å². The molecule has 6 heteroatoms. The van der Waals surface area contributed by atoms with E-state index in [2.05, 4.69) is 40.2 Å². The fraction of sp³-hybridized carbons (Fsp3) is 0.259. The number of nitrogen functional groups attached to an aromatic ring is 1. The standard InChI is InChI=1S/C27H29N5O/c28-21-8-10-22(11-9-21)31-27(33)24-16-32(25-14-20(26(29)30)7-12-23(24)25)15-17-5-6-18-3-1-2-4-19(18)13-17/h1-7,12-14,16,21-22H,8-11,15,28H2,(H3,29,30)(H,31,33). The number of hydrogen-bond acceptors (Lipinski definition) is 3. The molecule has 33 heavy (non-hydrogen) atoms. The lowest BCUT2D eigenvalue weighted by atomic mass is 9.91. The number of carbonyl (C=O) groups excluding carboxylic acids is 1. The second-order valence-corrected chi connectivity index (χ2v) is 9.08. The Hall–Kier alpha value is -3.64. The van der Waals surface area contributed by atoms with Crippen molar-refractivity contribution in [3.05, 3.63) is 83.6 Å². The molecule has 6 nitrogen and oxygen atoms in total. The number of amidine groups is 1. The maximum absolute atomic E-state index is 13.2. The normalized spacial score (nSPS) is 18.5. The Balaban J connectivity index is 1.50. The highest BCUT2D eigenvalue weighted by Gasteiger charge is 2.23. The average molecular weight is 440 g/mol. The zero-order valence-corrected chi connectivity index (χ0v) is 18.6. The van der Waals surface area contributed by atoms with Crippen molar-refractivity contribution in [1.82, 2.24) is 9.88 Å². The monoisotopic (exact) mass is 439 g/mol. The zero-order chi connectivity index (χ0) is 22.9. The van der Waals surface area contributed by atoms with Crippen LogP contribution in [0.25, 0.3) is 21.7 Å². The molecule has 1 saturated carbocycles. The minimum Gasteiger partial charge on any atom is -0.384 e. The number of nitrogens with zero attached hydrogens (tertiary/aromatic N) is 1. The van der Waals surface area contributed by atoms with Crippen molar-refractivity contribution in [1.29, 1.82) is 5.41 Å². The van der Waals surface area contributed by atoms with Crippen molar-refractivity contribution in [2.45, 2.75) is 44.3 Å². The van der Waals surface area contributed by atoms with Gasteiger partial charge in [0.1, 0.15) is 5.84 Å². The van der Waals surface area contributed by atoms with E-state index in [9.17, 15) is 4.79 Å². The molecule has 0 unspecified atom stereocenters. The first kappa shape index (κ1) is 21.2. The van der Waals surface area contributed by atoms with Gasteiger partial charge >= 0.3 is 0 Å². The molecular weight excluding hydrogens is 410 g/mol. The fourth-order valence-corrected chi connectivity index (χ4v) is 4.83. The number of carbonyl (C=O) groups is 1. The summed E-state index contributed by atoms with van der Waals surface area (Å²) in [5.41, 5.74) is 15.1. The third-order valence-electron chi connectivity index (χ3n) is 6.71. The third kappa shape index (κ3) is 4.34. The van der Waals surface area contributed by atoms with Crippen LogP contribution in [0.15, 0.2) is 66.9 Å². The van der Waals surface area contributed by atoms with Crippen molar-refractivity contribution < 1.29 is 4.79 Å². The van der Waals surface area contributed by atoms with Gasteiger partial charge in [-0.2, -0.15) is 0 Å². The highest BCUT2D eigenvalue weighted by atomic mass is 16.1. The minimum absolute atomic E-state index is 0.0138. The topological polar surface area (TPSA) is 110 Å². The SMILES string of the molecule is N=C(N)c1ccc2c(C(=O)NC3CCC(N)CC3)cn(Cc3ccc4ccccc4c3)c2c1. The van der Waals surface area contributed by atoms with Crippen LogP contribution in [0.5, 0.6) is 0 Å². The summed E-state index contributed by atoms with van der Waals surface area (Å²) in [7, 11) is 0. The van der Waals surface area contributed by atoms with E-state index in [-0.39, 0.29) is 23.8 Å². The maximum Gasteiger partial charge on any atom is 0.253 e. The number of amides is 1. The van der Waals surface area contributed by atoms with Gasteiger partial charge in [-0.25, -0.2) is 0 Å². The molecule has 1 aliphatic carbocycles. The lowest BCUT2D eigenvalue weighted by Crippen LogP contribution is -2.40. The van der Waals surface area contributed by atoms with E-state index in [1.54, 1.807) is 6.07 Å². The van der Waals surface area contributed by atoms with E-state index in [1.165, 1.54) is 10.8 Å². The molecule has 1 aliphatic rings. The average Bonchev–Trinajstić information content (AvgIpc) is 3.18. The molecule has 1 fully saturated rings. The Morgan fingerprint density at radius 1 is 1.00 bits per heavy atom. The van der Waals surface area contributed by atoms with Crippen molar-refractivity contribution in [2.24, 2.45) is 11.5 Å². The molecule has 3 aromatic carbocycles. The van der Waals surface area contributed by atoms with E-state index >= 15 is 0 Å². The number of aromatic nitrogens is 1. The summed E-state index contributed by atoms with van der Waals surface area (Å²) < 4.78 is 2.08. The van der Waals surface area contributed by atoms with Gasteiger partial charge in [-0.15, -0.1) is 0 Å². The molecule has 1 amide bonds. The van der Waals surface area contributed by atoms with Gasteiger partial charge < -0.3 is 21.4 Å². The number of fused-ring (bicyclic) bond motifs is 2. The van der Waals surface area contributed by atoms with Crippen LogP contribution in [0.2, 0.25) is 0 Å². The third-order valence-corrected chi connectivity index (χ3v) is 6.71. The van der Waals surface area contributed by atoms with Gasteiger partial charge in [-0.3, -0.25) is 10.2 Å². The summed E-state index contributed by atoms with van der Waals surface area (Å²) in [5, 5.41) is 14.3. The number of nitrogens with two attached hydrogens (primary N) is 2. The predicted molar refractivity (Wildman–Crippen MR) is 134 cm³/mol. The smallest absolute Gasteiger partial charge is 0.253 e. The fourth-order valence-electron chi connectivity index (χ4n) is 4.83. The second-order valence-electron chi connectivity index (χ2n) is 9.08. The summed E-state index contributed by atoms with van der Waals surface area (Å²) in [6.07, 6.45) is 5.63. The Morgan fingerprint density at radius 2 is 1.76 bits per heavy atom. The molecule has 0 saturated heterocycles. The summed E-state index contributed by atoms with van der Waals surface area (Å²) >= 11 is 0. The Bertz CT molecular complexity index is 1350. The Kier molecular flexibility index (Phi) is 5.60. The second kappa shape index (κ2) is 8.71. The van der Waals surface area contributed by atoms with Gasteiger partial charge in [-0.05, 0) is 54.2 Å². The predicted octanol–water partition coefficient (Wildman–Crippen LogP) is 4.13. The van der Waals surface area contributed by atoms with Gasteiger partial charge in [-0.1, -0.05) is 48.5 Å². The molecule has 0 bridgehead atoms. The first-order valence-corrected chi connectivity index (χ1v) is 11.5. The molecule has 4 aromatic rings. The highest BCUT2D eigenvalue weighted by Crippen LogP contribution is 2.26.